The largest absolute Gasteiger partial charge is 0.436 e. The third-order valence-electron chi connectivity index (χ3n) is 7.10. The van der Waals surface area contributed by atoms with Crippen LogP contribution in [0.25, 0.3) is 0 Å². The van der Waals surface area contributed by atoms with Gasteiger partial charge in [0.15, 0.2) is 17.7 Å². The second kappa shape index (κ2) is 9.02. The van der Waals surface area contributed by atoms with Gasteiger partial charge in [0, 0.05) is 29.5 Å². The molecule has 1 aromatic carbocycles. The van der Waals surface area contributed by atoms with Gasteiger partial charge in [-0.05, 0) is 18.6 Å². The molecule has 3 heterocycles. The number of piperidine rings is 1. The van der Waals surface area contributed by atoms with E-state index in [1.165, 1.54) is 4.90 Å². The number of benzene rings is 1. The maximum atomic E-state index is 14.8. The van der Waals surface area contributed by atoms with Crippen molar-refractivity contribution in [3.8, 4) is 0 Å². The zero-order chi connectivity index (χ0) is 27.7. The molecule has 5 rings (SSSR count). The highest BCUT2D eigenvalue weighted by Crippen LogP contribution is 2.55. The number of amides is 1. The van der Waals surface area contributed by atoms with Crippen LogP contribution in [0.4, 0.5) is 35.1 Å². The Labute approximate surface area is 209 Å². The topological polar surface area (TPSA) is 87.8 Å². The first-order valence-electron chi connectivity index (χ1n) is 11.3. The Morgan fingerprint density at radius 1 is 1.11 bits per heavy atom. The summed E-state index contributed by atoms with van der Waals surface area (Å²) in [4.78, 5) is 14.5. The summed E-state index contributed by atoms with van der Waals surface area (Å²) in [5.74, 6) is -5.37. The average Bonchev–Trinajstić information content (AvgIpc) is 3.17. The zero-order valence-corrected chi connectivity index (χ0v) is 19.1. The Morgan fingerprint density at radius 2 is 1.79 bits per heavy atom. The standard InChI is InChI=1S/C23H19F8N3O4/c1-8-10-3-15(34(19(8)10)21(36)16-5-17(33-38-16)23(29,30)31)20(35)32-18(9-6-37-7-9)11-2-14(25)12(4-13(11)24)22(26,27)28/h2,4-5,9-10,15,18-19,21,36H,1,3,6-7H2,(H,32,35)/t10-,15+,18+,19+,21?/m0/s1. The van der Waals surface area contributed by atoms with Crippen molar-refractivity contribution < 1.29 is 54.3 Å². The number of ether oxygens (including phenoxy) is 1. The highest BCUT2D eigenvalue weighted by molar-refractivity contribution is 5.83. The summed E-state index contributed by atoms with van der Waals surface area (Å²) in [7, 11) is 0. The van der Waals surface area contributed by atoms with Gasteiger partial charge in [0.25, 0.3) is 0 Å². The minimum absolute atomic E-state index is 0.00434. The normalized spacial score (nSPS) is 25.6. The number of aromatic nitrogens is 1. The molecule has 0 radical (unpaired) electrons. The smallest absolute Gasteiger partial charge is 0.381 e. The van der Waals surface area contributed by atoms with E-state index < -0.39 is 82.7 Å². The van der Waals surface area contributed by atoms with Gasteiger partial charge in [-0.3, -0.25) is 9.69 Å². The number of hydrogen-bond acceptors (Lipinski definition) is 6. The molecule has 0 bridgehead atoms. The molecule has 1 saturated carbocycles. The third-order valence-corrected chi connectivity index (χ3v) is 7.10. The molecule has 5 atom stereocenters. The molecule has 2 aromatic rings. The van der Waals surface area contributed by atoms with E-state index in [-0.39, 0.29) is 31.6 Å². The molecular formula is C23H19F8N3O4. The van der Waals surface area contributed by atoms with Gasteiger partial charge >= 0.3 is 12.4 Å². The molecule has 1 amide bonds. The van der Waals surface area contributed by atoms with Crippen LogP contribution in [-0.4, -0.2) is 46.4 Å². The van der Waals surface area contributed by atoms with Crippen molar-refractivity contribution in [1.29, 1.82) is 0 Å². The molecule has 3 aliphatic rings. The molecular weight excluding hydrogens is 534 g/mol. The van der Waals surface area contributed by atoms with Gasteiger partial charge < -0.3 is 19.7 Å². The molecule has 1 aliphatic carbocycles. The number of nitrogens with one attached hydrogen (secondary N) is 1. The molecule has 0 spiro atoms. The van der Waals surface area contributed by atoms with E-state index in [9.17, 15) is 45.0 Å². The zero-order valence-electron chi connectivity index (χ0n) is 19.1. The van der Waals surface area contributed by atoms with Gasteiger partial charge in [0.2, 0.25) is 5.91 Å². The van der Waals surface area contributed by atoms with E-state index in [1.54, 1.807) is 0 Å². The Bertz CT molecular complexity index is 1270. The lowest BCUT2D eigenvalue weighted by Crippen LogP contribution is -2.50. The van der Waals surface area contributed by atoms with E-state index >= 15 is 0 Å². The Kier molecular flexibility index (Phi) is 6.30. The van der Waals surface area contributed by atoms with Crippen LogP contribution in [0.1, 0.15) is 41.3 Å². The lowest BCUT2D eigenvalue weighted by atomic mass is 9.89. The summed E-state index contributed by atoms with van der Waals surface area (Å²) in [5.41, 5.74) is -3.09. The predicted molar refractivity (Wildman–Crippen MR) is 110 cm³/mol. The summed E-state index contributed by atoms with van der Waals surface area (Å²) >= 11 is 0. The van der Waals surface area contributed by atoms with E-state index in [1.807, 2.05) is 0 Å². The molecule has 2 aliphatic heterocycles. The molecule has 1 aromatic heterocycles. The van der Waals surface area contributed by atoms with Gasteiger partial charge in [-0.25, -0.2) is 8.78 Å². The van der Waals surface area contributed by atoms with Crippen molar-refractivity contribution in [2.75, 3.05) is 13.2 Å². The Balaban J connectivity index is 1.41. The van der Waals surface area contributed by atoms with Crippen molar-refractivity contribution in [3.05, 3.63) is 64.6 Å². The predicted octanol–water partition coefficient (Wildman–Crippen LogP) is 4.11. The third kappa shape index (κ3) is 4.56. The van der Waals surface area contributed by atoms with Crippen molar-refractivity contribution in [2.24, 2.45) is 11.8 Å². The number of halogens is 8. The maximum Gasteiger partial charge on any atom is 0.436 e. The van der Waals surface area contributed by atoms with Gasteiger partial charge in [-0.2, -0.15) is 26.3 Å². The highest BCUT2D eigenvalue weighted by Gasteiger charge is 2.60. The van der Waals surface area contributed by atoms with Crippen LogP contribution in [0, 0.1) is 23.5 Å². The number of fused-ring (bicyclic) bond motifs is 1. The minimum atomic E-state index is -5.14. The highest BCUT2D eigenvalue weighted by atomic mass is 19.4. The number of hydrogen-bond donors (Lipinski definition) is 2. The fourth-order valence-electron chi connectivity index (χ4n) is 5.01. The van der Waals surface area contributed by atoms with Crippen LogP contribution in [0.2, 0.25) is 0 Å². The first kappa shape index (κ1) is 26.6. The number of likely N-dealkylation sites (tertiary alicyclic amines) is 1. The van der Waals surface area contributed by atoms with Crippen molar-refractivity contribution in [3.63, 3.8) is 0 Å². The van der Waals surface area contributed by atoms with E-state index in [2.05, 4.69) is 21.6 Å². The fourth-order valence-corrected chi connectivity index (χ4v) is 5.01. The number of nitrogens with zero attached hydrogens (tertiary/aromatic N) is 2. The lowest BCUT2D eigenvalue weighted by molar-refractivity contribution is -0.143. The number of aliphatic hydroxyl groups is 1. The van der Waals surface area contributed by atoms with Crippen LogP contribution in [0.5, 0.6) is 0 Å². The van der Waals surface area contributed by atoms with Gasteiger partial charge in [-0.15, -0.1) is 0 Å². The number of aliphatic hydroxyl groups excluding tert-OH is 1. The summed E-state index contributed by atoms with van der Waals surface area (Å²) in [6, 6.07) is -2.13. The SMILES string of the molecule is C=C1[C@@H]2[C@H]1C[C@H](C(=O)N[C@@H](c1cc(F)c(C(F)(F)F)cc1F)C1COC1)N2C(O)c1cc(C(F)(F)F)no1. The van der Waals surface area contributed by atoms with Crippen LogP contribution in [0.3, 0.4) is 0 Å². The molecule has 2 N–H and O–H groups in total. The fraction of sp³-hybridized carbons (Fsp3) is 0.478. The first-order valence-corrected chi connectivity index (χ1v) is 11.3. The minimum Gasteiger partial charge on any atom is -0.381 e. The Hall–Kier alpha value is -3.04. The van der Waals surface area contributed by atoms with Gasteiger partial charge in [-0.1, -0.05) is 17.3 Å². The summed E-state index contributed by atoms with van der Waals surface area (Å²) in [6.45, 7) is 3.82. The van der Waals surface area contributed by atoms with Gasteiger partial charge in [0.05, 0.1) is 30.9 Å². The lowest BCUT2D eigenvalue weighted by Gasteiger charge is -2.37. The van der Waals surface area contributed by atoms with Crippen molar-refractivity contribution >= 4 is 5.91 Å². The summed E-state index contributed by atoms with van der Waals surface area (Å²) < 4.78 is 117. The van der Waals surface area contributed by atoms with Crippen LogP contribution in [-0.2, 0) is 21.9 Å². The second-order valence-electron chi connectivity index (χ2n) is 9.45. The monoisotopic (exact) mass is 553 g/mol. The average molecular weight is 553 g/mol. The van der Waals surface area contributed by atoms with E-state index in [0.717, 1.165) is 0 Å². The van der Waals surface area contributed by atoms with Crippen LogP contribution >= 0.6 is 0 Å². The van der Waals surface area contributed by atoms with E-state index in [0.29, 0.717) is 17.7 Å². The number of rotatable bonds is 6. The maximum absolute atomic E-state index is 14.8. The number of carbonyl (C=O) groups excluding carboxylic acids is 1. The quantitative estimate of drug-likeness (QED) is 0.414. The number of alkyl halides is 6. The van der Waals surface area contributed by atoms with Crippen LogP contribution in [0.15, 0.2) is 34.9 Å². The summed E-state index contributed by atoms with van der Waals surface area (Å²) in [6.07, 6.45) is -11.7. The summed E-state index contributed by atoms with van der Waals surface area (Å²) in [5, 5.41) is 16.2. The Morgan fingerprint density at radius 3 is 2.34 bits per heavy atom. The first-order chi connectivity index (χ1) is 17.7. The van der Waals surface area contributed by atoms with E-state index in [4.69, 9.17) is 4.74 Å². The molecule has 7 nitrogen and oxygen atoms in total. The molecule has 15 heteroatoms. The molecule has 38 heavy (non-hydrogen) atoms. The second-order valence-corrected chi connectivity index (χ2v) is 9.45. The molecule has 3 fully saturated rings. The molecule has 206 valence electrons. The van der Waals surface area contributed by atoms with Crippen molar-refractivity contribution in [2.45, 2.75) is 43.1 Å². The molecule has 1 unspecified atom stereocenters. The molecule has 2 saturated heterocycles. The van der Waals surface area contributed by atoms with Crippen molar-refractivity contribution in [1.82, 2.24) is 15.4 Å². The number of carbonyl (C=O) groups is 1. The van der Waals surface area contributed by atoms with Crippen LogP contribution < -0.4 is 5.32 Å². The van der Waals surface area contributed by atoms with Gasteiger partial charge in [0.1, 0.15) is 11.6 Å².